The normalized spacial score (nSPS) is 11.2. The summed E-state index contributed by atoms with van der Waals surface area (Å²) in [6, 6.07) is 14.1. The van der Waals surface area contributed by atoms with Crippen molar-refractivity contribution in [3.63, 3.8) is 0 Å². The Labute approximate surface area is 231 Å². The first kappa shape index (κ1) is 29.8. The van der Waals surface area contributed by atoms with Crippen molar-refractivity contribution in [1.29, 1.82) is 0 Å². The molecule has 39 heavy (non-hydrogen) atoms. The molecule has 0 radical (unpaired) electrons. The number of rotatable bonds is 9. The van der Waals surface area contributed by atoms with Crippen LogP contribution in [0.2, 0.25) is 5.02 Å². The molecular weight excluding hydrogens is 617 g/mol. The van der Waals surface area contributed by atoms with Crippen molar-refractivity contribution < 1.29 is 41.1 Å². The van der Waals surface area contributed by atoms with E-state index in [1.807, 2.05) is 0 Å². The van der Waals surface area contributed by atoms with Crippen molar-refractivity contribution in [1.82, 2.24) is 5.32 Å². The van der Waals surface area contributed by atoms with Crippen LogP contribution in [0, 0.1) is 0 Å². The van der Waals surface area contributed by atoms with Crippen molar-refractivity contribution in [2.24, 2.45) is 0 Å². The van der Waals surface area contributed by atoms with Crippen LogP contribution in [-0.2, 0) is 11.3 Å². The van der Waals surface area contributed by atoms with Gasteiger partial charge < -0.3 is 20.7 Å². The summed E-state index contributed by atoms with van der Waals surface area (Å²) in [5, 5.41) is 6.75. The molecule has 0 spiro atoms. The zero-order valence-electron chi connectivity index (χ0n) is 19.5. The Balaban J connectivity index is 1.82. The number of benzene rings is 3. The third kappa shape index (κ3) is 8.65. The summed E-state index contributed by atoms with van der Waals surface area (Å²) in [5.74, 6) is -3.81. The number of halogens is 7. The summed E-state index contributed by atoms with van der Waals surface area (Å²) in [6.45, 7) is -1.50. The second-order valence-corrected chi connectivity index (χ2v) is 9.15. The van der Waals surface area contributed by atoms with Gasteiger partial charge in [0.2, 0.25) is 0 Å². The number of hydrogen-bond donors (Lipinski definition) is 3. The number of ether oxygens (including phenoxy) is 1. The second kappa shape index (κ2) is 12.9. The molecule has 0 aliphatic rings. The van der Waals surface area contributed by atoms with Crippen molar-refractivity contribution >= 4 is 56.6 Å². The fraction of sp³-hybridized carbons (Fsp3) is 0.160. The van der Waals surface area contributed by atoms with Gasteiger partial charge in [0.05, 0.1) is 16.1 Å². The predicted molar refractivity (Wildman–Crippen MR) is 137 cm³/mol. The van der Waals surface area contributed by atoms with Gasteiger partial charge in [0.25, 0.3) is 18.2 Å². The number of amides is 3. The molecule has 0 atom stereocenters. The highest BCUT2D eigenvalue weighted by Gasteiger charge is 2.38. The van der Waals surface area contributed by atoms with Gasteiger partial charge in [0, 0.05) is 22.4 Å². The fourth-order valence-electron chi connectivity index (χ4n) is 3.13. The molecule has 7 nitrogen and oxygen atoms in total. The molecule has 0 saturated heterocycles. The van der Waals surface area contributed by atoms with Crippen LogP contribution in [-0.4, -0.2) is 36.9 Å². The van der Waals surface area contributed by atoms with Gasteiger partial charge in [-0.2, -0.15) is 13.2 Å². The van der Waals surface area contributed by atoms with Gasteiger partial charge in [0.1, 0.15) is 12.4 Å². The van der Waals surface area contributed by atoms with Crippen molar-refractivity contribution in [3.8, 4) is 5.75 Å². The van der Waals surface area contributed by atoms with E-state index in [1.54, 1.807) is 29.6 Å². The van der Waals surface area contributed by atoms with E-state index < -0.39 is 43.5 Å². The Morgan fingerprint density at radius 3 is 2.13 bits per heavy atom. The molecule has 0 unspecified atom stereocenters. The van der Waals surface area contributed by atoms with Crippen LogP contribution in [0.15, 0.2) is 65.1 Å². The van der Waals surface area contributed by atoms with Crippen molar-refractivity contribution in [2.75, 3.05) is 17.2 Å². The molecular formula is C25H18BrClF5N3O4. The average molecular weight is 635 g/mol. The highest BCUT2D eigenvalue weighted by atomic mass is 79.9. The maximum absolute atomic E-state index is 12.9. The molecule has 3 aromatic rings. The maximum Gasteiger partial charge on any atom is 0.471 e. The van der Waals surface area contributed by atoms with Crippen molar-refractivity contribution in [3.05, 3.63) is 86.8 Å². The van der Waals surface area contributed by atoms with E-state index in [-0.39, 0.29) is 33.1 Å². The Hall–Kier alpha value is -3.71. The van der Waals surface area contributed by atoms with Crippen LogP contribution in [0.5, 0.6) is 5.75 Å². The summed E-state index contributed by atoms with van der Waals surface area (Å²) in [6.07, 6.45) is -7.87. The number of nitrogens with one attached hydrogen (secondary N) is 3. The quantitative estimate of drug-likeness (QED) is 0.237. The number of carbonyl (C=O) groups is 3. The number of carbonyl (C=O) groups excluding carboxylic acids is 3. The maximum atomic E-state index is 12.9. The summed E-state index contributed by atoms with van der Waals surface area (Å²) >= 11 is 9.35. The first-order valence-electron chi connectivity index (χ1n) is 10.9. The molecule has 0 aromatic heterocycles. The molecule has 3 rings (SSSR count). The molecule has 3 amide bonds. The van der Waals surface area contributed by atoms with E-state index in [4.69, 9.17) is 16.3 Å². The summed E-state index contributed by atoms with van der Waals surface area (Å²) < 4.78 is 68.6. The summed E-state index contributed by atoms with van der Waals surface area (Å²) in [4.78, 5) is 36.9. The molecule has 206 valence electrons. The standard InChI is InChI=1S/C25H18BrClF5N3O4/c26-14-2-4-15(5-3-14)34-23(37)18-10-16(6-8-20(18)39-12-21(28)29)35-22(36)17-9-13(1-7-19(17)27)11-33-24(38)25(30,31)32/h1-10,21H,11-12H2,(H,33,38)(H,34,37)(H,35,36). The van der Waals surface area contributed by atoms with Gasteiger partial charge in [-0.05, 0) is 60.2 Å². The second-order valence-electron chi connectivity index (χ2n) is 7.82. The Morgan fingerprint density at radius 2 is 1.49 bits per heavy atom. The van der Waals surface area contributed by atoms with E-state index in [0.717, 1.165) is 4.47 Å². The highest BCUT2D eigenvalue weighted by molar-refractivity contribution is 9.10. The third-order valence-corrected chi connectivity index (χ3v) is 5.79. The van der Waals surface area contributed by atoms with Crippen LogP contribution >= 0.6 is 27.5 Å². The monoisotopic (exact) mass is 633 g/mol. The van der Waals surface area contributed by atoms with Crippen LogP contribution in [0.1, 0.15) is 26.3 Å². The third-order valence-electron chi connectivity index (χ3n) is 4.93. The molecule has 0 saturated carbocycles. The first-order chi connectivity index (χ1) is 18.3. The van der Waals surface area contributed by atoms with Gasteiger partial charge in [-0.1, -0.05) is 33.6 Å². The lowest BCUT2D eigenvalue weighted by atomic mass is 10.1. The van der Waals surface area contributed by atoms with E-state index in [2.05, 4.69) is 26.6 Å². The molecule has 0 aliphatic heterocycles. The van der Waals surface area contributed by atoms with Gasteiger partial charge in [-0.3, -0.25) is 14.4 Å². The smallest absolute Gasteiger partial charge is 0.471 e. The minimum atomic E-state index is -5.07. The molecule has 3 N–H and O–H groups in total. The lowest BCUT2D eigenvalue weighted by molar-refractivity contribution is -0.173. The Morgan fingerprint density at radius 1 is 0.872 bits per heavy atom. The molecule has 0 bridgehead atoms. The summed E-state index contributed by atoms with van der Waals surface area (Å²) in [5.41, 5.74) is 0.337. The number of hydrogen-bond acceptors (Lipinski definition) is 4. The lowest BCUT2D eigenvalue weighted by Crippen LogP contribution is -2.36. The lowest BCUT2D eigenvalue weighted by Gasteiger charge is -2.15. The van der Waals surface area contributed by atoms with E-state index >= 15 is 0 Å². The van der Waals surface area contributed by atoms with Crippen LogP contribution in [0.3, 0.4) is 0 Å². The zero-order valence-corrected chi connectivity index (χ0v) is 21.9. The number of anilines is 2. The zero-order chi connectivity index (χ0) is 28.7. The van der Waals surface area contributed by atoms with E-state index in [0.29, 0.717) is 5.69 Å². The van der Waals surface area contributed by atoms with E-state index in [1.165, 1.54) is 36.4 Å². The van der Waals surface area contributed by atoms with E-state index in [9.17, 15) is 36.3 Å². The first-order valence-corrected chi connectivity index (χ1v) is 12.1. The summed E-state index contributed by atoms with van der Waals surface area (Å²) in [7, 11) is 0. The van der Waals surface area contributed by atoms with Crippen LogP contribution < -0.4 is 20.7 Å². The Kier molecular flexibility index (Phi) is 9.86. The minimum Gasteiger partial charge on any atom is -0.487 e. The topological polar surface area (TPSA) is 96.5 Å². The predicted octanol–water partition coefficient (Wildman–Crippen LogP) is 6.43. The van der Waals surface area contributed by atoms with Crippen molar-refractivity contribution in [2.45, 2.75) is 19.1 Å². The molecule has 0 heterocycles. The molecule has 0 aliphatic carbocycles. The highest BCUT2D eigenvalue weighted by Crippen LogP contribution is 2.27. The SMILES string of the molecule is O=C(Nc1ccc(OCC(F)F)c(C(=O)Nc2ccc(Br)cc2)c1)c1cc(CNC(=O)C(F)(F)F)ccc1Cl. The van der Waals surface area contributed by atoms with Gasteiger partial charge in [-0.15, -0.1) is 0 Å². The van der Waals surface area contributed by atoms with Crippen LogP contribution in [0.4, 0.5) is 33.3 Å². The van der Waals surface area contributed by atoms with Gasteiger partial charge in [-0.25, -0.2) is 8.78 Å². The fourth-order valence-corrected chi connectivity index (χ4v) is 3.60. The molecule has 14 heteroatoms. The van der Waals surface area contributed by atoms with Gasteiger partial charge in [0.15, 0.2) is 0 Å². The Bertz CT molecular complexity index is 1370. The largest absolute Gasteiger partial charge is 0.487 e. The molecule has 0 fully saturated rings. The molecule has 3 aromatic carbocycles. The minimum absolute atomic E-state index is 0.0384. The average Bonchev–Trinajstić information content (AvgIpc) is 2.87. The number of alkyl halides is 5. The van der Waals surface area contributed by atoms with Crippen LogP contribution in [0.25, 0.3) is 0 Å². The van der Waals surface area contributed by atoms with Gasteiger partial charge >= 0.3 is 12.1 Å².